The molecule has 0 radical (unpaired) electrons. The minimum atomic E-state index is 0.451. The van der Waals surface area contributed by atoms with Crippen molar-refractivity contribution in [3.05, 3.63) is 53.9 Å². The van der Waals surface area contributed by atoms with Crippen molar-refractivity contribution in [2.24, 2.45) is 0 Å². The Morgan fingerprint density at radius 3 is 2.88 bits per heavy atom. The van der Waals surface area contributed by atoms with Gasteiger partial charge in [0.05, 0.1) is 29.8 Å². The molecule has 1 aliphatic heterocycles. The normalized spacial score (nSPS) is 14.2. The summed E-state index contributed by atoms with van der Waals surface area (Å²) in [6.07, 6.45) is 2.62. The summed E-state index contributed by atoms with van der Waals surface area (Å²) in [4.78, 5) is 7.68. The van der Waals surface area contributed by atoms with Gasteiger partial charge in [-0.15, -0.1) is 0 Å². The zero-order valence-corrected chi connectivity index (χ0v) is 13.0. The molecule has 2 heterocycles. The monoisotopic (exact) mass is 317 g/mol. The number of para-hydroxylation sites is 3. The summed E-state index contributed by atoms with van der Waals surface area (Å²) >= 11 is 0. The Hall–Kier alpha value is -3.26. The molecule has 0 unspecified atom stereocenters. The van der Waals surface area contributed by atoms with E-state index in [4.69, 9.17) is 9.47 Å². The predicted molar refractivity (Wildman–Crippen MR) is 91.6 cm³/mol. The second kappa shape index (κ2) is 6.09. The standard InChI is InChI=1S/C19H15N3O2/c20-12-14(19-21-15-6-1-2-7-16(15)22-19)11-13-5-3-8-17-18(13)24-10-4-9-23-17/h1-3,5-8,11H,4,9-10H2,(H,21,22). The number of imidazole rings is 1. The highest BCUT2D eigenvalue weighted by Gasteiger charge is 2.15. The summed E-state index contributed by atoms with van der Waals surface area (Å²) in [6, 6.07) is 15.6. The number of nitriles is 1. The molecule has 3 aromatic rings. The van der Waals surface area contributed by atoms with Crippen LogP contribution < -0.4 is 9.47 Å². The molecular formula is C19H15N3O2. The lowest BCUT2D eigenvalue weighted by Crippen LogP contribution is -1.98. The molecule has 118 valence electrons. The number of fused-ring (bicyclic) bond motifs is 2. The lowest BCUT2D eigenvalue weighted by Gasteiger charge is -2.10. The number of nitrogens with zero attached hydrogens (tertiary/aromatic N) is 2. The van der Waals surface area contributed by atoms with Crippen LogP contribution in [0.5, 0.6) is 11.5 Å². The maximum atomic E-state index is 9.58. The van der Waals surface area contributed by atoms with E-state index < -0.39 is 0 Å². The van der Waals surface area contributed by atoms with Crippen LogP contribution in [-0.2, 0) is 0 Å². The second-order valence-electron chi connectivity index (χ2n) is 5.50. The maximum Gasteiger partial charge on any atom is 0.168 e. The van der Waals surface area contributed by atoms with Crippen LogP contribution in [0.25, 0.3) is 22.7 Å². The molecule has 24 heavy (non-hydrogen) atoms. The van der Waals surface area contributed by atoms with Gasteiger partial charge < -0.3 is 14.5 Å². The van der Waals surface area contributed by atoms with Crippen molar-refractivity contribution < 1.29 is 9.47 Å². The summed E-state index contributed by atoms with van der Waals surface area (Å²) in [7, 11) is 0. The fourth-order valence-corrected chi connectivity index (χ4v) is 2.72. The minimum Gasteiger partial charge on any atom is -0.490 e. The van der Waals surface area contributed by atoms with Gasteiger partial charge in [-0.3, -0.25) is 0 Å². The second-order valence-corrected chi connectivity index (χ2v) is 5.50. The Morgan fingerprint density at radius 1 is 1.12 bits per heavy atom. The van der Waals surface area contributed by atoms with Gasteiger partial charge in [0, 0.05) is 12.0 Å². The minimum absolute atomic E-state index is 0.451. The largest absolute Gasteiger partial charge is 0.490 e. The van der Waals surface area contributed by atoms with Crippen molar-refractivity contribution >= 4 is 22.7 Å². The van der Waals surface area contributed by atoms with Gasteiger partial charge in [0.15, 0.2) is 11.5 Å². The molecule has 5 nitrogen and oxygen atoms in total. The summed E-state index contributed by atoms with van der Waals surface area (Å²) in [5.41, 5.74) is 3.00. The number of rotatable bonds is 2. The SMILES string of the molecule is N#CC(=Cc1cccc2c1OCCCO2)c1nc2ccccc2[nH]1. The third-order valence-corrected chi connectivity index (χ3v) is 3.87. The topological polar surface area (TPSA) is 70.9 Å². The molecule has 0 aliphatic carbocycles. The molecule has 0 saturated heterocycles. The van der Waals surface area contributed by atoms with Gasteiger partial charge in [0.25, 0.3) is 0 Å². The van der Waals surface area contributed by atoms with Gasteiger partial charge in [0.2, 0.25) is 0 Å². The van der Waals surface area contributed by atoms with Crippen LogP contribution in [0.3, 0.4) is 0 Å². The zero-order valence-electron chi connectivity index (χ0n) is 13.0. The van der Waals surface area contributed by atoms with Crippen molar-refractivity contribution in [1.29, 1.82) is 5.26 Å². The number of nitrogens with one attached hydrogen (secondary N) is 1. The van der Waals surface area contributed by atoms with E-state index in [1.54, 1.807) is 6.08 Å². The number of allylic oxidation sites excluding steroid dienone is 1. The Morgan fingerprint density at radius 2 is 2.00 bits per heavy atom. The molecule has 0 saturated carbocycles. The molecule has 2 aromatic carbocycles. The highest BCUT2D eigenvalue weighted by Crippen LogP contribution is 2.35. The highest BCUT2D eigenvalue weighted by molar-refractivity contribution is 5.91. The van der Waals surface area contributed by atoms with E-state index in [0.717, 1.165) is 23.0 Å². The van der Waals surface area contributed by atoms with E-state index in [1.807, 2.05) is 42.5 Å². The first kappa shape index (κ1) is 14.3. The summed E-state index contributed by atoms with van der Waals surface area (Å²) in [6.45, 7) is 1.24. The van der Waals surface area contributed by atoms with Gasteiger partial charge in [-0.1, -0.05) is 24.3 Å². The van der Waals surface area contributed by atoms with Crippen LogP contribution in [0, 0.1) is 11.3 Å². The highest BCUT2D eigenvalue weighted by atomic mass is 16.5. The van der Waals surface area contributed by atoms with Gasteiger partial charge in [-0.2, -0.15) is 5.26 Å². The van der Waals surface area contributed by atoms with Crippen LogP contribution >= 0.6 is 0 Å². The lowest BCUT2D eigenvalue weighted by molar-refractivity contribution is 0.296. The first-order chi connectivity index (χ1) is 11.8. The molecule has 0 atom stereocenters. The third-order valence-electron chi connectivity index (χ3n) is 3.87. The van der Waals surface area contributed by atoms with E-state index in [1.165, 1.54) is 0 Å². The van der Waals surface area contributed by atoms with Gasteiger partial charge in [-0.05, 0) is 24.3 Å². The molecule has 1 aliphatic rings. The molecule has 5 heteroatoms. The average Bonchev–Trinajstić information content (AvgIpc) is 2.89. The van der Waals surface area contributed by atoms with Crippen LogP contribution in [0.15, 0.2) is 42.5 Å². The number of hydrogen-bond acceptors (Lipinski definition) is 4. The smallest absolute Gasteiger partial charge is 0.168 e. The van der Waals surface area contributed by atoms with Crippen molar-refractivity contribution in [2.75, 3.05) is 13.2 Å². The van der Waals surface area contributed by atoms with Crippen molar-refractivity contribution in [2.45, 2.75) is 6.42 Å². The summed E-state index contributed by atoms with van der Waals surface area (Å²) in [5, 5.41) is 9.58. The molecule has 1 N–H and O–H groups in total. The van der Waals surface area contributed by atoms with Crippen LogP contribution in [0.4, 0.5) is 0 Å². The number of ether oxygens (including phenoxy) is 2. The lowest BCUT2D eigenvalue weighted by atomic mass is 10.1. The third kappa shape index (κ3) is 2.59. The van der Waals surface area contributed by atoms with Crippen molar-refractivity contribution in [1.82, 2.24) is 9.97 Å². The first-order valence-corrected chi connectivity index (χ1v) is 7.81. The summed E-state index contributed by atoms with van der Waals surface area (Å²) < 4.78 is 11.5. The fourth-order valence-electron chi connectivity index (χ4n) is 2.72. The van der Waals surface area contributed by atoms with E-state index in [0.29, 0.717) is 36.1 Å². The Kier molecular flexibility index (Phi) is 3.64. The first-order valence-electron chi connectivity index (χ1n) is 7.81. The molecule has 4 rings (SSSR count). The number of aromatic amines is 1. The fraction of sp³-hybridized carbons (Fsp3) is 0.158. The molecular weight excluding hydrogens is 302 g/mol. The molecule has 0 spiro atoms. The molecule has 0 amide bonds. The Bertz CT molecular complexity index is 933. The number of hydrogen-bond donors (Lipinski definition) is 1. The van der Waals surface area contributed by atoms with Crippen LogP contribution in [-0.4, -0.2) is 23.2 Å². The molecule has 0 fully saturated rings. The number of aromatic nitrogens is 2. The number of benzene rings is 2. The van der Waals surface area contributed by atoms with E-state index in [9.17, 15) is 5.26 Å². The van der Waals surface area contributed by atoms with Gasteiger partial charge in [0.1, 0.15) is 11.9 Å². The van der Waals surface area contributed by atoms with E-state index in [2.05, 4.69) is 16.0 Å². The zero-order chi connectivity index (χ0) is 16.4. The molecule has 1 aromatic heterocycles. The summed E-state index contributed by atoms with van der Waals surface area (Å²) in [5.74, 6) is 1.94. The predicted octanol–water partition coefficient (Wildman–Crippen LogP) is 3.79. The van der Waals surface area contributed by atoms with Crippen molar-refractivity contribution in [3.63, 3.8) is 0 Å². The Labute approximate surface area is 139 Å². The van der Waals surface area contributed by atoms with E-state index >= 15 is 0 Å². The molecule has 0 bridgehead atoms. The number of H-pyrrole nitrogens is 1. The van der Waals surface area contributed by atoms with Gasteiger partial charge >= 0.3 is 0 Å². The maximum absolute atomic E-state index is 9.58. The average molecular weight is 317 g/mol. The van der Waals surface area contributed by atoms with E-state index in [-0.39, 0.29) is 0 Å². The Balaban J connectivity index is 1.80. The van der Waals surface area contributed by atoms with Crippen LogP contribution in [0.2, 0.25) is 0 Å². The van der Waals surface area contributed by atoms with Gasteiger partial charge in [-0.25, -0.2) is 4.98 Å². The van der Waals surface area contributed by atoms with Crippen molar-refractivity contribution in [3.8, 4) is 17.6 Å². The quantitative estimate of drug-likeness (QED) is 0.730. The van der Waals surface area contributed by atoms with Crippen LogP contribution in [0.1, 0.15) is 17.8 Å².